The summed E-state index contributed by atoms with van der Waals surface area (Å²) in [5.74, 6) is 1.36. The molecule has 0 saturated carbocycles. The lowest BCUT2D eigenvalue weighted by Crippen LogP contribution is -2.45. The molecule has 2 rings (SSSR count). The van der Waals surface area contributed by atoms with E-state index in [9.17, 15) is 4.79 Å². The van der Waals surface area contributed by atoms with Crippen molar-refractivity contribution < 1.29 is 14.3 Å². The molecule has 1 aliphatic rings. The molecular formula is C20H32Cl2N2O3. The summed E-state index contributed by atoms with van der Waals surface area (Å²) in [5, 5.41) is 0.413. The lowest BCUT2D eigenvalue weighted by Gasteiger charge is -2.34. The quantitative estimate of drug-likeness (QED) is 0.629. The maximum Gasteiger partial charge on any atom is 0.254 e. The minimum Gasteiger partial charge on any atom is -0.490 e. The van der Waals surface area contributed by atoms with Gasteiger partial charge in [-0.3, -0.25) is 4.79 Å². The zero-order valence-electron chi connectivity index (χ0n) is 16.5. The Morgan fingerprint density at radius 1 is 1.37 bits per heavy atom. The summed E-state index contributed by atoms with van der Waals surface area (Å²) in [6.45, 7) is 8.50. The lowest BCUT2D eigenvalue weighted by atomic mass is 9.92. The van der Waals surface area contributed by atoms with E-state index in [4.69, 9.17) is 26.8 Å². The second-order valence-corrected chi connectivity index (χ2v) is 7.34. The number of hydrogen-bond acceptors (Lipinski definition) is 4. The van der Waals surface area contributed by atoms with E-state index >= 15 is 0 Å². The van der Waals surface area contributed by atoms with Crippen LogP contribution < -0.4 is 15.2 Å². The van der Waals surface area contributed by atoms with E-state index in [-0.39, 0.29) is 24.4 Å². The Kier molecular flexibility index (Phi) is 10.3. The van der Waals surface area contributed by atoms with Crippen LogP contribution in [0.4, 0.5) is 0 Å². The van der Waals surface area contributed by atoms with Crippen molar-refractivity contribution >= 4 is 29.9 Å². The van der Waals surface area contributed by atoms with Gasteiger partial charge < -0.3 is 20.1 Å². The van der Waals surface area contributed by atoms with E-state index < -0.39 is 0 Å². The Hall–Kier alpha value is -1.17. The third kappa shape index (κ3) is 6.44. The van der Waals surface area contributed by atoms with Gasteiger partial charge in [0.2, 0.25) is 0 Å². The molecule has 27 heavy (non-hydrogen) atoms. The average molecular weight is 419 g/mol. The monoisotopic (exact) mass is 418 g/mol. The standard InChI is InChI=1S/C20H31ClN2O3.ClH/c1-4-6-10-26-19-17(21)11-16(12-18(19)25-5-2)20(24)23-9-7-8-15(13-23)14(3)22;/h11-12,14-15H,4-10,13,22H2,1-3H3;1H. The normalized spacial score (nSPS) is 17.8. The Morgan fingerprint density at radius 2 is 2.11 bits per heavy atom. The predicted molar refractivity (Wildman–Crippen MR) is 113 cm³/mol. The van der Waals surface area contributed by atoms with Gasteiger partial charge >= 0.3 is 0 Å². The lowest BCUT2D eigenvalue weighted by molar-refractivity contribution is 0.0660. The van der Waals surface area contributed by atoms with Gasteiger partial charge in [0, 0.05) is 24.7 Å². The highest BCUT2D eigenvalue weighted by Gasteiger charge is 2.27. The van der Waals surface area contributed by atoms with Crippen molar-refractivity contribution in [1.29, 1.82) is 0 Å². The minimum absolute atomic E-state index is 0. The molecule has 1 aromatic carbocycles. The van der Waals surface area contributed by atoms with Crippen LogP contribution >= 0.6 is 24.0 Å². The SMILES string of the molecule is CCCCOc1c(Cl)cc(C(=O)N2CCCC(C(C)N)C2)cc1OCC.Cl. The van der Waals surface area contributed by atoms with Crippen molar-refractivity contribution in [3.8, 4) is 11.5 Å². The van der Waals surface area contributed by atoms with Crippen LogP contribution in [0.5, 0.6) is 11.5 Å². The fraction of sp³-hybridized carbons (Fsp3) is 0.650. The van der Waals surface area contributed by atoms with Crippen molar-refractivity contribution in [2.75, 3.05) is 26.3 Å². The number of amides is 1. The van der Waals surface area contributed by atoms with Crippen LogP contribution in [0.2, 0.25) is 5.02 Å². The molecule has 1 heterocycles. The Labute approximate surface area is 173 Å². The molecule has 5 nitrogen and oxygen atoms in total. The molecule has 0 aromatic heterocycles. The molecule has 0 bridgehead atoms. The molecule has 1 aliphatic heterocycles. The molecule has 0 spiro atoms. The number of ether oxygens (including phenoxy) is 2. The van der Waals surface area contributed by atoms with Crippen LogP contribution in [0.1, 0.15) is 56.8 Å². The van der Waals surface area contributed by atoms with Gasteiger partial charge in [-0.2, -0.15) is 0 Å². The first-order valence-corrected chi connectivity index (χ1v) is 9.99. The van der Waals surface area contributed by atoms with Gasteiger partial charge in [-0.25, -0.2) is 0 Å². The number of halogens is 2. The number of benzene rings is 1. The number of carbonyl (C=O) groups excluding carboxylic acids is 1. The number of nitrogens with zero attached hydrogens (tertiary/aromatic N) is 1. The molecular weight excluding hydrogens is 387 g/mol. The number of rotatable bonds is 8. The van der Waals surface area contributed by atoms with Crippen LogP contribution in [0.3, 0.4) is 0 Å². The maximum absolute atomic E-state index is 13.0. The van der Waals surface area contributed by atoms with Crippen LogP contribution in [0, 0.1) is 5.92 Å². The molecule has 154 valence electrons. The van der Waals surface area contributed by atoms with Crippen molar-refractivity contribution in [1.82, 2.24) is 4.90 Å². The van der Waals surface area contributed by atoms with Gasteiger partial charge in [-0.1, -0.05) is 24.9 Å². The van der Waals surface area contributed by atoms with E-state index in [1.807, 2.05) is 18.7 Å². The third-order valence-corrected chi connectivity index (χ3v) is 5.07. The molecule has 2 atom stereocenters. The van der Waals surface area contributed by atoms with Crippen molar-refractivity contribution in [2.24, 2.45) is 11.7 Å². The van der Waals surface area contributed by atoms with Gasteiger partial charge in [0.05, 0.1) is 18.2 Å². The topological polar surface area (TPSA) is 64.8 Å². The highest BCUT2D eigenvalue weighted by atomic mass is 35.5. The number of nitrogens with two attached hydrogens (primary N) is 1. The van der Waals surface area contributed by atoms with E-state index in [0.29, 0.717) is 47.8 Å². The summed E-state index contributed by atoms with van der Waals surface area (Å²) >= 11 is 6.42. The molecule has 1 saturated heterocycles. The number of hydrogen-bond donors (Lipinski definition) is 1. The van der Waals surface area contributed by atoms with Gasteiger partial charge in [-0.05, 0) is 51.2 Å². The van der Waals surface area contributed by atoms with Gasteiger partial charge in [0.25, 0.3) is 5.91 Å². The van der Waals surface area contributed by atoms with Gasteiger partial charge in [-0.15, -0.1) is 12.4 Å². The summed E-state index contributed by atoms with van der Waals surface area (Å²) in [6.07, 6.45) is 4.02. The predicted octanol–water partition coefficient (Wildman–Crippen LogP) is 4.54. The van der Waals surface area contributed by atoms with Gasteiger partial charge in [0.15, 0.2) is 11.5 Å². The second kappa shape index (κ2) is 11.6. The summed E-state index contributed by atoms with van der Waals surface area (Å²) in [7, 11) is 0. The summed E-state index contributed by atoms with van der Waals surface area (Å²) < 4.78 is 11.5. The Morgan fingerprint density at radius 3 is 2.74 bits per heavy atom. The van der Waals surface area contributed by atoms with Crippen molar-refractivity contribution in [3.63, 3.8) is 0 Å². The maximum atomic E-state index is 13.0. The van der Waals surface area contributed by atoms with E-state index in [2.05, 4.69) is 6.92 Å². The highest BCUT2D eigenvalue weighted by Crippen LogP contribution is 2.37. The zero-order chi connectivity index (χ0) is 19.1. The number of unbranched alkanes of at least 4 members (excludes halogenated alkanes) is 1. The summed E-state index contributed by atoms with van der Waals surface area (Å²) in [6, 6.07) is 3.51. The first-order valence-electron chi connectivity index (χ1n) is 9.61. The number of piperidine rings is 1. The number of likely N-dealkylation sites (tertiary alicyclic amines) is 1. The molecule has 1 aromatic rings. The highest BCUT2D eigenvalue weighted by molar-refractivity contribution is 6.32. The average Bonchev–Trinajstić information content (AvgIpc) is 2.63. The third-order valence-electron chi connectivity index (χ3n) is 4.79. The molecule has 1 fully saturated rings. The van der Waals surface area contributed by atoms with Crippen molar-refractivity contribution in [2.45, 2.75) is 52.5 Å². The Bertz CT molecular complexity index is 611. The van der Waals surface area contributed by atoms with Crippen molar-refractivity contribution in [3.05, 3.63) is 22.7 Å². The van der Waals surface area contributed by atoms with Crippen LogP contribution in [0.15, 0.2) is 12.1 Å². The second-order valence-electron chi connectivity index (χ2n) is 6.93. The molecule has 7 heteroatoms. The molecule has 0 radical (unpaired) electrons. The van der Waals surface area contributed by atoms with Gasteiger partial charge in [0.1, 0.15) is 0 Å². The van der Waals surface area contributed by atoms with E-state index in [0.717, 1.165) is 32.2 Å². The first-order chi connectivity index (χ1) is 12.5. The van der Waals surface area contributed by atoms with Crippen LogP contribution in [0.25, 0.3) is 0 Å². The fourth-order valence-electron chi connectivity index (χ4n) is 3.22. The molecule has 2 unspecified atom stereocenters. The summed E-state index contributed by atoms with van der Waals surface area (Å²) in [5.41, 5.74) is 6.57. The zero-order valence-corrected chi connectivity index (χ0v) is 18.1. The summed E-state index contributed by atoms with van der Waals surface area (Å²) in [4.78, 5) is 14.8. The van der Waals surface area contributed by atoms with Crippen LogP contribution in [-0.2, 0) is 0 Å². The van der Waals surface area contributed by atoms with E-state index in [1.165, 1.54) is 0 Å². The smallest absolute Gasteiger partial charge is 0.254 e. The minimum atomic E-state index is -0.0293. The molecule has 0 aliphatic carbocycles. The molecule has 1 amide bonds. The van der Waals surface area contributed by atoms with Crippen LogP contribution in [-0.4, -0.2) is 43.2 Å². The largest absolute Gasteiger partial charge is 0.490 e. The fourth-order valence-corrected chi connectivity index (χ4v) is 3.48. The number of carbonyl (C=O) groups is 1. The first kappa shape index (κ1) is 23.9. The van der Waals surface area contributed by atoms with E-state index in [1.54, 1.807) is 12.1 Å². The molecule has 2 N–H and O–H groups in total. The Balaban J connectivity index is 0.00000364.